The van der Waals surface area contributed by atoms with E-state index in [4.69, 9.17) is 4.74 Å². The van der Waals surface area contributed by atoms with Crippen LogP contribution in [-0.4, -0.2) is 12.8 Å². The number of methoxy groups -OCH3 is 1. The largest absolute Gasteiger partial charge is 0.497 e. The minimum absolute atomic E-state index is 0.00120. The summed E-state index contributed by atoms with van der Waals surface area (Å²) in [4.78, 5) is 4.69. The molecule has 18 heavy (non-hydrogen) atoms. The average molecular weight is 239 g/mol. The summed E-state index contributed by atoms with van der Waals surface area (Å²) in [6, 6.07) is 10.5. The molecular weight excluding hydrogens is 222 g/mol. The first-order valence-corrected chi connectivity index (χ1v) is 6.21. The maximum absolute atomic E-state index is 5.34. The molecule has 0 spiro atoms. The fourth-order valence-electron chi connectivity index (χ4n) is 2.67. The van der Waals surface area contributed by atoms with Crippen molar-refractivity contribution in [2.24, 2.45) is 4.99 Å². The van der Waals surface area contributed by atoms with Crippen LogP contribution >= 0.6 is 0 Å². The minimum atomic E-state index is 0.00120. The van der Waals surface area contributed by atoms with Crippen molar-refractivity contribution in [1.82, 2.24) is 0 Å². The van der Waals surface area contributed by atoms with Crippen LogP contribution < -0.4 is 4.74 Å². The summed E-state index contributed by atoms with van der Waals surface area (Å²) in [5, 5.41) is 2.49. The molecule has 0 radical (unpaired) electrons. The number of aliphatic imine (C=N–C) groups is 1. The molecule has 0 atom stereocenters. The average Bonchev–Trinajstić information content (AvgIpc) is 2.59. The van der Waals surface area contributed by atoms with Gasteiger partial charge in [-0.2, -0.15) is 0 Å². The maximum Gasteiger partial charge on any atom is 0.119 e. The minimum Gasteiger partial charge on any atom is -0.497 e. The van der Waals surface area contributed by atoms with E-state index in [1.807, 2.05) is 6.07 Å². The van der Waals surface area contributed by atoms with Crippen molar-refractivity contribution in [2.75, 3.05) is 7.11 Å². The van der Waals surface area contributed by atoms with Crippen LogP contribution in [-0.2, 0) is 5.41 Å². The van der Waals surface area contributed by atoms with E-state index in [-0.39, 0.29) is 5.41 Å². The van der Waals surface area contributed by atoms with Crippen LogP contribution in [0.25, 0.3) is 10.8 Å². The molecule has 1 heterocycles. The van der Waals surface area contributed by atoms with Crippen LogP contribution in [0.2, 0.25) is 0 Å². The Hall–Kier alpha value is -1.83. The third-order valence-corrected chi connectivity index (χ3v) is 4.02. The number of hydrogen-bond donors (Lipinski definition) is 0. The standard InChI is InChI=1S/C16H17NO/c1-10-16(2,3)15-13-9-12(18-4)7-5-11(13)6-8-14(15)17-10/h5-9H,1-4H3. The van der Waals surface area contributed by atoms with E-state index in [0.29, 0.717) is 0 Å². The number of hydrogen-bond acceptors (Lipinski definition) is 2. The highest BCUT2D eigenvalue weighted by Crippen LogP contribution is 2.44. The van der Waals surface area contributed by atoms with Gasteiger partial charge in [0.1, 0.15) is 5.75 Å². The Morgan fingerprint density at radius 3 is 2.56 bits per heavy atom. The van der Waals surface area contributed by atoms with E-state index in [9.17, 15) is 0 Å². The van der Waals surface area contributed by atoms with Gasteiger partial charge < -0.3 is 4.74 Å². The molecule has 0 saturated carbocycles. The van der Waals surface area contributed by atoms with Crippen LogP contribution in [0, 0.1) is 0 Å². The van der Waals surface area contributed by atoms with Crippen LogP contribution in [0.1, 0.15) is 26.3 Å². The molecule has 0 amide bonds. The Balaban J connectivity index is 2.38. The molecule has 0 N–H and O–H groups in total. The van der Waals surface area contributed by atoms with Gasteiger partial charge in [0.05, 0.1) is 12.8 Å². The van der Waals surface area contributed by atoms with Gasteiger partial charge in [-0.05, 0) is 41.5 Å². The van der Waals surface area contributed by atoms with Gasteiger partial charge in [0.2, 0.25) is 0 Å². The molecule has 0 unspecified atom stereocenters. The smallest absolute Gasteiger partial charge is 0.119 e. The van der Waals surface area contributed by atoms with Gasteiger partial charge in [-0.15, -0.1) is 0 Å². The zero-order valence-electron chi connectivity index (χ0n) is 11.2. The molecule has 0 aliphatic carbocycles. The molecule has 2 aromatic carbocycles. The molecule has 92 valence electrons. The SMILES string of the molecule is COc1ccc2ccc3c(c2c1)C(C)(C)C(C)=N3. The van der Waals surface area contributed by atoms with Crippen molar-refractivity contribution in [2.45, 2.75) is 26.2 Å². The lowest BCUT2D eigenvalue weighted by Gasteiger charge is -2.22. The molecule has 1 aliphatic rings. The summed E-state index contributed by atoms with van der Waals surface area (Å²) < 4.78 is 5.34. The molecule has 2 heteroatoms. The fraction of sp³-hybridized carbons (Fsp3) is 0.312. The summed E-state index contributed by atoms with van der Waals surface area (Å²) in [5.41, 5.74) is 3.59. The van der Waals surface area contributed by atoms with Gasteiger partial charge in [-0.1, -0.05) is 26.0 Å². The molecule has 1 aliphatic heterocycles. The summed E-state index contributed by atoms with van der Waals surface area (Å²) >= 11 is 0. The molecule has 0 bridgehead atoms. The van der Waals surface area contributed by atoms with E-state index < -0.39 is 0 Å². The van der Waals surface area contributed by atoms with Gasteiger partial charge in [0, 0.05) is 11.1 Å². The first-order valence-electron chi connectivity index (χ1n) is 6.21. The highest BCUT2D eigenvalue weighted by atomic mass is 16.5. The Morgan fingerprint density at radius 2 is 1.83 bits per heavy atom. The lowest BCUT2D eigenvalue weighted by molar-refractivity contribution is 0.415. The van der Waals surface area contributed by atoms with E-state index in [0.717, 1.165) is 11.4 Å². The summed E-state index contributed by atoms with van der Waals surface area (Å²) in [6.45, 7) is 6.57. The van der Waals surface area contributed by atoms with Gasteiger partial charge in [0.25, 0.3) is 0 Å². The molecule has 2 nitrogen and oxygen atoms in total. The first-order chi connectivity index (χ1) is 8.54. The fourth-order valence-corrected chi connectivity index (χ4v) is 2.67. The molecule has 3 rings (SSSR count). The number of rotatable bonds is 1. The van der Waals surface area contributed by atoms with Crippen LogP contribution in [0.15, 0.2) is 35.3 Å². The molecule has 0 fully saturated rings. The molecule has 0 saturated heterocycles. The lowest BCUT2D eigenvalue weighted by atomic mass is 9.80. The highest BCUT2D eigenvalue weighted by Gasteiger charge is 2.33. The number of ether oxygens (including phenoxy) is 1. The molecule has 0 aromatic heterocycles. The Bertz CT molecular complexity index is 668. The van der Waals surface area contributed by atoms with Crippen molar-refractivity contribution in [3.63, 3.8) is 0 Å². The van der Waals surface area contributed by atoms with Crippen LogP contribution in [0.5, 0.6) is 5.75 Å². The summed E-state index contributed by atoms with van der Waals surface area (Å²) in [7, 11) is 1.71. The van der Waals surface area contributed by atoms with E-state index >= 15 is 0 Å². The zero-order valence-corrected chi connectivity index (χ0v) is 11.2. The predicted octanol–water partition coefficient (Wildman–Crippen LogP) is 4.23. The zero-order chi connectivity index (χ0) is 12.9. The Labute approximate surface area is 107 Å². The third-order valence-electron chi connectivity index (χ3n) is 4.02. The van der Waals surface area contributed by atoms with Crippen molar-refractivity contribution in [3.05, 3.63) is 35.9 Å². The number of benzene rings is 2. The van der Waals surface area contributed by atoms with Gasteiger partial charge in [-0.3, -0.25) is 4.99 Å². The highest BCUT2D eigenvalue weighted by molar-refractivity contribution is 6.06. The molecular formula is C16H17NO. The quantitative estimate of drug-likeness (QED) is 0.729. The topological polar surface area (TPSA) is 21.6 Å². The number of fused-ring (bicyclic) bond motifs is 3. The predicted molar refractivity (Wildman–Crippen MR) is 76.3 cm³/mol. The van der Waals surface area contributed by atoms with Crippen molar-refractivity contribution >= 4 is 22.2 Å². The van der Waals surface area contributed by atoms with Gasteiger partial charge in [0.15, 0.2) is 0 Å². The van der Waals surface area contributed by atoms with Crippen LogP contribution in [0.3, 0.4) is 0 Å². The van der Waals surface area contributed by atoms with Crippen molar-refractivity contribution < 1.29 is 4.74 Å². The third kappa shape index (κ3) is 1.38. The summed E-state index contributed by atoms with van der Waals surface area (Å²) in [5.74, 6) is 0.899. The van der Waals surface area contributed by atoms with Crippen LogP contribution in [0.4, 0.5) is 5.69 Å². The Morgan fingerprint density at radius 1 is 1.11 bits per heavy atom. The van der Waals surface area contributed by atoms with Crippen molar-refractivity contribution in [1.29, 1.82) is 0 Å². The van der Waals surface area contributed by atoms with Crippen molar-refractivity contribution in [3.8, 4) is 5.75 Å². The number of nitrogens with zero attached hydrogens (tertiary/aromatic N) is 1. The lowest BCUT2D eigenvalue weighted by Crippen LogP contribution is -2.22. The van der Waals surface area contributed by atoms with Gasteiger partial charge in [-0.25, -0.2) is 0 Å². The monoisotopic (exact) mass is 239 g/mol. The Kier molecular flexibility index (Phi) is 2.24. The maximum atomic E-state index is 5.34. The van der Waals surface area contributed by atoms with E-state index in [2.05, 4.69) is 50.0 Å². The summed E-state index contributed by atoms with van der Waals surface area (Å²) in [6.07, 6.45) is 0. The van der Waals surface area contributed by atoms with Gasteiger partial charge >= 0.3 is 0 Å². The normalized spacial score (nSPS) is 16.6. The second-order valence-electron chi connectivity index (χ2n) is 5.37. The second kappa shape index (κ2) is 3.58. The first kappa shape index (κ1) is 11.3. The second-order valence-corrected chi connectivity index (χ2v) is 5.37. The van der Waals surface area contributed by atoms with E-state index in [1.54, 1.807) is 7.11 Å². The molecule has 2 aromatic rings. The van der Waals surface area contributed by atoms with E-state index in [1.165, 1.54) is 22.0 Å².